The lowest BCUT2D eigenvalue weighted by Crippen LogP contribution is -2.31. The van der Waals surface area contributed by atoms with Crippen LogP contribution in [0.4, 0.5) is 5.69 Å². The van der Waals surface area contributed by atoms with Gasteiger partial charge in [-0.25, -0.2) is 0 Å². The molecular formula is C26H30N2O7. The molecule has 2 aromatic carbocycles. The second-order valence-electron chi connectivity index (χ2n) is 8.37. The number of Topliss-reactive ketones (excluding diaryl/α,β-unsaturated/α-hetero) is 1. The molecule has 0 bridgehead atoms. The van der Waals surface area contributed by atoms with Crippen LogP contribution in [0.25, 0.3) is 5.76 Å². The van der Waals surface area contributed by atoms with Gasteiger partial charge < -0.3 is 19.5 Å². The van der Waals surface area contributed by atoms with E-state index in [1.165, 1.54) is 29.2 Å². The lowest BCUT2D eigenvalue weighted by molar-refractivity contribution is -0.384. The van der Waals surface area contributed by atoms with Crippen molar-refractivity contribution in [2.45, 2.75) is 39.2 Å². The molecule has 9 nitrogen and oxygen atoms in total. The van der Waals surface area contributed by atoms with Crippen LogP contribution in [-0.2, 0) is 14.3 Å². The minimum absolute atomic E-state index is 0.0553. The van der Waals surface area contributed by atoms with Crippen LogP contribution < -0.4 is 4.74 Å². The number of carbonyl (C=O) groups excluding carboxylic acids is 2. The van der Waals surface area contributed by atoms with Crippen LogP contribution >= 0.6 is 0 Å². The van der Waals surface area contributed by atoms with Gasteiger partial charge in [-0.15, -0.1) is 0 Å². The molecule has 3 rings (SSSR count). The Kier molecular flexibility index (Phi) is 8.59. The highest BCUT2D eigenvalue weighted by molar-refractivity contribution is 6.46. The number of amides is 1. The number of carbonyl (C=O) groups is 2. The molecule has 186 valence electrons. The molecule has 35 heavy (non-hydrogen) atoms. The molecule has 9 heteroatoms. The summed E-state index contributed by atoms with van der Waals surface area (Å²) in [5.41, 5.74) is 1.49. The number of ketones is 1. The van der Waals surface area contributed by atoms with Crippen LogP contribution in [0, 0.1) is 17.0 Å². The number of nitrogens with zero attached hydrogens (tertiary/aromatic N) is 2. The highest BCUT2D eigenvalue weighted by Crippen LogP contribution is 2.40. The smallest absolute Gasteiger partial charge is 0.295 e. The minimum atomic E-state index is -0.881. The third-order valence-corrected chi connectivity index (χ3v) is 5.91. The number of benzene rings is 2. The number of aliphatic hydroxyl groups excluding tert-OH is 1. The van der Waals surface area contributed by atoms with Gasteiger partial charge in [-0.1, -0.05) is 13.3 Å². The average Bonchev–Trinajstić information content (AvgIpc) is 3.10. The van der Waals surface area contributed by atoms with Crippen LogP contribution in [0.2, 0.25) is 0 Å². The molecule has 1 fully saturated rings. The molecule has 0 saturated carbocycles. The Labute approximate surface area is 204 Å². The van der Waals surface area contributed by atoms with E-state index in [0.29, 0.717) is 36.5 Å². The standard InChI is InChI=1S/C26H30N2O7/c1-4-5-15-35-21-12-9-19(16-17(21)2)24(29)22-23(18-7-10-20(11-8-18)28(32)33)27(13-6-14-34-3)26(31)25(22)30/h7-12,16,23,29H,4-6,13-15H2,1-3H3/b24-22+/t23-/m0/s1. The molecule has 0 aliphatic carbocycles. The van der Waals surface area contributed by atoms with E-state index in [1.807, 2.05) is 6.92 Å². The van der Waals surface area contributed by atoms with Gasteiger partial charge in [0.2, 0.25) is 0 Å². The summed E-state index contributed by atoms with van der Waals surface area (Å²) < 4.78 is 10.9. The van der Waals surface area contributed by atoms with Gasteiger partial charge in [-0.3, -0.25) is 19.7 Å². The predicted molar refractivity (Wildman–Crippen MR) is 130 cm³/mol. The van der Waals surface area contributed by atoms with E-state index in [2.05, 4.69) is 6.92 Å². The average molecular weight is 483 g/mol. The third-order valence-electron chi connectivity index (χ3n) is 5.91. The summed E-state index contributed by atoms with van der Waals surface area (Å²) in [4.78, 5) is 38.0. The first-order valence-corrected chi connectivity index (χ1v) is 11.6. The largest absolute Gasteiger partial charge is 0.507 e. The van der Waals surface area contributed by atoms with E-state index < -0.39 is 22.7 Å². The number of unbranched alkanes of at least 4 members (excludes halogenated alkanes) is 1. The Morgan fingerprint density at radius 1 is 1.11 bits per heavy atom. The predicted octanol–water partition coefficient (Wildman–Crippen LogP) is 4.54. The fraction of sp³-hybridized carbons (Fsp3) is 0.385. The van der Waals surface area contributed by atoms with Gasteiger partial charge in [0.1, 0.15) is 11.5 Å². The summed E-state index contributed by atoms with van der Waals surface area (Å²) in [5.74, 6) is -1.16. The number of methoxy groups -OCH3 is 1. The fourth-order valence-electron chi connectivity index (χ4n) is 4.06. The minimum Gasteiger partial charge on any atom is -0.507 e. The maximum Gasteiger partial charge on any atom is 0.295 e. The molecule has 1 N–H and O–H groups in total. The molecule has 1 atom stereocenters. The highest BCUT2D eigenvalue weighted by Gasteiger charge is 2.45. The topological polar surface area (TPSA) is 119 Å². The van der Waals surface area contributed by atoms with E-state index in [9.17, 15) is 24.8 Å². The zero-order chi connectivity index (χ0) is 25.5. The number of hydrogen-bond donors (Lipinski definition) is 1. The highest BCUT2D eigenvalue weighted by atomic mass is 16.6. The molecule has 2 aromatic rings. The Balaban J connectivity index is 2.05. The zero-order valence-corrected chi connectivity index (χ0v) is 20.2. The van der Waals surface area contributed by atoms with Crippen LogP contribution in [-0.4, -0.2) is 53.5 Å². The van der Waals surface area contributed by atoms with Gasteiger partial charge >= 0.3 is 0 Å². The first-order chi connectivity index (χ1) is 16.8. The van der Waals surface area contributed by atoms with Crippen molar-refractivity contribution in [2.75, 3.05) is 26.9 Å². The molecule has 1 saturated heterocycles. The van der Waals surface area contributed by atoms with E-state index in [-0.39, 0.29) is 23.6 Å². The second-order valence-corrected chi connectivity index (χ2v) is 8.37. The molecule has 0 radical (unpaired) electrons. The number of non-ortho nitro benzene ring substituents is 1. The van der Waals surface area contributed by atoms with Gasteiger partial charge in [0, 0.05) is 38.0 Å². The number of aryl methyl sites for hydroxylation is 1. The monoisotopic (exact) mass is 482 g/mol. The molecule has 1 amide bonds. The van der Waals surface area contributed by atoms with E-state index in [4.69, 9.17) is 9.47 Å². The van der Waals surface area contributed by atoms with Crippen molar-refractivity contribution >= 4 is 23.1 Å². The van der Waals surface area contributed by atoms with E-state index in [1.54, 1.807) is 25.3 Å². The third kappa shape index (κ3) is 5.68. The summed E-state index contributed by atoms with van der Waals surface area (Å²) >= 11 is 0. The Morgan fingerprint density at radius 3 is 2.43 bits per heavy atom. The fourth-order valence-corrected chi connectivity index (χ4v) is 4.06. The Morgan fingerprint density at radius 2 is 1.83 bits per heavy atom. The van der Waals surface area contributed by atoms with Crippen molar-refractivity contribution in [1.29, 1.82) is 0 Å². The SMILES string of the molecule is CCCCOc1ccc(/C(O)=C2\C(=O)C(=O)N(CCCOC)[C@H]2c2ccc([N+](=O)[O-])cc2)cc1C. The summed E-state index contributed by atoms with van der Waals surface area (Å²) in [6.45, 7) is 5.10. The summed E-state index contributed by atoms with van der Waals surface area (Å²) in [5, 5.41) is 22.3. The van der Waals surface area contributed by atoms with Crippen molar-refractivity contribution in [1.82, 2.24) is 4.90 Å². The van der Waals surface area contributed by atoms with Gasteiger partial charge in [-0.2, -0.15) is 0 Å². The van der Waals surface area contributed by atoms with Gasteiger partial charge in [0.05, 0.1) is 23.1 Å². The van der Waals surface area contributed by atoms with Gasteiger partial charge in [0.15, 0.2) is 0 Å². The number of aliphatic hydroxyl groups is 1. The molecule has 0 unspecified atom stereocenters. The summed E-state index contributed by atoms with van der Waals surface area (Å²) in [7, 11) is 1.54. The van der Waals surface area contributed by atoms with Crippen molar-refractivity contribution in [3.05, 3.63) is 74.8 Å². The first kappa shape index (κ1) is 25.9. The van der Waals surface area contributed by atoms with Crippen molar-refractivity contribution in [3.8, 4) is 5.75 Å². The lowest BCUT2D eigenvalue weighted by Gasteiger charge is -2.25. The molecule has 1 aliphatic rings. The molecule has 0 aromatic heterocycles. The zero-order valence-electron chi connectivity index (χ0n) is 20.2. The summed E-state index contributed by atoms with van der Waals surface area (Å²) in [6.07, 6.45) is 2.41. The first-order valence-electron chi connectivity index (χ1n) is 11.6. The van der Waals surface area contributed by atoms with Crippen LogP contribution in [0.3, 0.4) is 0 Å². The van der Waals surface area contributed by atoms with Crippen molar-refractivity contribution in [2.24, 2.45) is 0 Å². The van der Waals surface area contributed by atoms with Crippen molar-refractivity contribution < 1.29 is 29.1 Å². The Hall–Kier alpha value is -3.72. The second kappa shape index (κ2) is 11.6. The molecule has 1 heterocycles. The van der Waals surface area contributed by atoms with Crippen molar-refractivity contribution in [3.63, 3.8) is 0 Å². The number of likely N-dealkylation sites (tertiary alicyclic amines) is 1. The molecule has 1 aliphatic heterocycles. The van der Waals surface area contributed by atoms with Crippen LogP contribution in [0.1, 0.15) is 48.9 Å². The van der Waals surface area contributed by atoms with Crippen LogP contribution in [0.5, 0.6) is 5.75 Å². The number of hydrogen-bond acceptors (Lipinski definition) is 7. The quantitative estimate of drug-likeness (QED) is 0.125. The van der Waals surface area contributed by atoms with Crippen LogP contribution in [0.15, 0.2) is 48.0 Å². The molecule has 0 spiro atoms. The number of nitro groups is 1. The van der Waals surface area contributed by atoms with E-state index >= 15 is 0 Å². The number of ether oxygens (including phenoxy) is 2. The normalized spacial score (nSPS) is 17.1. The molecular weight excluding hydrogens is 452 g/mol. The maximum atomic E-state index is 13.1. The number of rotatable bonds is 11. The lowest BCUT2D eigenvalue weighted by atomic mass is 9.94. The van der Waals surface area contributed by atoms with Gasteiger partial charge in [0.25, 0.3) is 17.4 Å². The maximum absolute atomic E-state index is 13.1. The van der Waals surface area contributed by atoms with E-state index in [0.717, 1.165) is 18.4 Å². The number of nitro benzene ring substituents is 1. The summed E-state index contributed by atoms with van der Waals surface area (Å²) in [6, 6.07) is 9.84. The Bertz CT molecular complexity index is 1130. The van der Waals surface area contributed by atoms with Gasteiger partial charge in [-0.05, 0) is 61.2 Å².